The highest BCUT2D eigenvalue weighted by molar-refractivity contribution is 5.76. The molecule has 1 saturated carbocycles. The Labute approximate surface area is 148 Å². The van der Waals surface area contributed by atoms with E-state index in [1.54, 1.807) is 6.20 Å². The van der Waals surface area contributed by atoms with E-state index in [2.05, 4.69) is 40.2 Å². The Morgan fingerprint density at radius 3 is 2.80 bits per heavy atom. The van der Waals surface area contributed by atoms with Gasteiger partial charge >= 0.3 is 5.97 Å². The monoisotopic (exact) mass is 336 g/mol. The maximum absolute atomic E-state index is 12.2. The van der Waals surface area contributed by atoms with Gasteiger partial charge in [-0.3, -0.25) is 14.7 Å². The van der Waals surface area contributed by atoms with Crippen molar-refractivity contribution in [1.29, 1.82) is 0 Å². The van der Waals surface area contributed by atoms with Crippen molar-refractivity contribution in [3.63, 3.8) is 0 Å². The van der Waals surface area contributed by atoms with E-state index in [1.807, 2.05) is 18.3 Å². The van der Waals surface area contributed by atoms with Crippen LogP contribution in [0, 0.1) is 11.3 Å². The summed E-state index contributed by atoms with van der Waals surface area (Å²) in [6.07, 6.45) is 6.36. The van der Waals surface area contributed by atoms with Crippen LogP contribution in [-0.4, -0.2) is 34.0 Å². The van der Waals surface area contributed by atoms with E-state index >= 15 is 0 Å². The molecule has 1 aliphatic carbocycles. The minimum atomic E-state index is -0.613. The minimum Gasteiger partial charge on any atom is -0.481 e. The number of benzene rings is 1. The number of fused-ring (bicyclic) bond motifs is 1. The van der Waals surface area contributed by atoms with Gasteiger partial charge in [-0.05, 0) is 48.3 Å². The number of aromatic nitrogens is 1. The molecule has 3 atom stereocenters. The fourth-order valence-corrected chi connectivity index (χ4v) is 4.80. The number of pyridine rings is 1. The van der Waals surface area contributed by atoms with Gasteiger partial charge in [0.1, 0.15) is 0 Å². The van der Waals surface area contributed by atoms with E-state index in [0.29, 0.717) is 12.5 Å². The third kappa shape index (κ3) is 3.07. The molecule has 1 aromatic heterocycles. The summed E-state index contributed by atoms with van der Waals surface area (Å²) in [5, 5.41) is 10.0. The SMILES string of the molecule is O=C(O)[C@]12CC[C@H](c3ccccc3)C[C@H]1CN(Cc1cccnc1)C2. The average molecular weight is 336 g/mol. The van der Waals surface area contributed by atoms with E-state index in [4.69, 9.17) is 0 Å². The molecule has 2 aromatic rings. The molecule has 0 spiro atoms. The zero-order valence-corrected chi connectivity index (χ0v) is 14.3. The summed E-state index contributed by atoms with van der Waals surface area (Å²) < 4.78 is 0. The molecule has 0 radical (unpaired) electrons. The minimum absolute atomic E-state index is 0.223. The summed E-state index contributed by atoms with van der Waals surface area (Å²) >= 11 is 0. The highest BCUT2D eigenvalue weighted by Crippen LogP contribution is 2.51. The van der Waals surface area contributed by atoms with E-state index in [9.17, 15) is 9.90 Å². The zero-order valence-electron chi connectivity index (χ0n) is 14.3. The van der Waals surface area contributed by atoms with Crippen LogP contribution in [0.1, 0.15) is 36.3 Å². The molecule has 2 heterocycles. The maximum Gasteiger partial charge on any atom is 0.311 e. The van der Waals surface area contributed by atoms with Gasteiger partial charge in [0.15, 0.2) is 0 Å². The number of hydrogen-bond acceptors (Lipinski definition) is 3. The number of carboxylic acid groups (broad SMARTS) is 1. The Kier molecular flexibility index (Phi) is 4.30. The van der Waals surface area contributed by atoms with Crippen LogP contribution in [0.5, 0.6) is 0 Å². The van der Waals surface area contributed by atoms with E-state index in [-0.39, 0.29) is 5.92 Å². The second-order valence-corrected chi connectivity index (χ2v) is 7.57. The summed E-state index contributed by atoms with van der Waals surface area (Å²) in [5.74, 6) is 0.0929. The van der Waals surface area contributed by atoms with Gasteiger partial charge in [-0.1, -0.05) is 36.4 Å². The molecule has 1 saturated heterocycles. The lowest BCUT2D eigenvalue weighted by Crippen LogP contribution is -2.42. The Morgan fingerprint density at radius 2 is 2.08 bits per heavy atom. The second-order valence-electron chi connectivity index (χ2n) is 7.57. The highest BCUT2D eigenvalue weighted by Gasteiger charge is 2.54. The molecule has 1 aliphatic heterocycles. The summed E-state index contributed by atoms with van der Waals surface area (Å²) in [7, 11) is 0. The first-order chi connectivity index (χ1) is 12.2. The van der Waals surface area contributed by atoms with Gasteiger partial charge in [0, 0.05) is 32.0 Å². The van der Waals surface area contributed by atoms with Crippen molar-refractivity contribution in [3.8, 4) is 0 Å². The number of nitrogens with zero attached hydrogens (tertiary/aromatic N) is 2. The first-order valence-corrected chi connectivity index (χ1v) is 9.07. The summed E-state index contributed by atoms with van der Waals surface area (Å²) in [6.45, 7) is 2.31. The van der Waals surface area contributed by atoms with Crippen molar-refractivity contribution in [3.05, 3.63) is 66.0 Å². The Morgan fingerprint density at radius 1 is 1.24 bits per heavy atom. The summed E-state index contributed by atoms with van der Waals surface area (Å²) in [5.41, 5.74) is 1.93. The normalized spacial score (nSPS) is 29.3. The van der Waals surface area contributed by atoms with Crippen molar-refractivity contribution in [2.45, 2.75) is 31.7 Å². The molecule has 4 rings (SSSR count). The average Bonchev–Trinajstić information content (AvgIpc) is 3.01. The standard InChI is InChI=1S/C21H24N2O2/c24-20(25)21-9-8-18(17-6-2-1-3-7-17)11-19(21)14-23(15-21)13-16-5-4-10-22-12-16/h1-7,10,12,18-19H,8-9,11,13-15H2,(H,24,25)/t18-,19-,21-/m0/s1. The predicted octanol–water partition coefficient (Wildman–Crippen LogP) is 3.55. The third-order valence-corrected chi connectivity index (χ3v) is 6.10. The van der Waals surface area contributed by atoms with E-state index in [0.717, 1.165) is 37.9 Å². The molecular formula is C21H24N2O2. The molecule has 4 nitrogen and oxygen atoms in total. The van der Waals surface area contributed by atoms with Gasteiger partial charge in [0.05, 0.1) is 5.41 Å². The lowest BCUT2D eigenvalue weighted by molar-refractivity contribution is -0.152. The van der Waals surface area contributed by atoms with Crippen LogP contribution in [0.3, 0.4) is 0 Å². The topological polar surface area (TPSA) is 53.4 Å². The van der Waals surface area contributed by atoms with Crippen molar-refractivity contribution >= 4 is 5.97 Å². The summed E-state index contributed by atoms with van der Waals surface area (Å²) in [4.78, 5) is 18.6. The Balaban J connectivity index is 1.53. The molecule has 25 heavy (non-hydrogen) atoms. The molecule has 0 amide bonds. The van der Waals surface area contributed by atoms with Gasteiger partial charge in [0.25, 0.3) is 0 Å². The van der Waals surface area contributed by atoms with Crippen molar-refractivity contribution in [2.75, 3.05) is 13.1 Å². The van der Waals surface area contributed by atoms with E-state index in [1.165, 1.54) is 5.56 Å². The molecule has 1 aromatic carbocycles. The van der Waals surface area contributed by atoms with Crippen LogP contribution in [-0.2, 0) is 11.3 Å². The Bertz CT molecular complexity index is 734. The van der Waals surface area contributed by atoms with Crippen LogP contribution >= 0.6 is 0 Å². The lowest BCUT2D eigenvalue weighted by atomic mass is 9.64. The Hall–Kier alpha value is -2.20. The largest absolute Gasteiger partial charge is 0.481 e. The van der Waals surface area contributed by atoms with Gasteiger partial charge < -0.3 is 5.11 Å². The number of hydrogen-bond donors (Lipinski definition) is 1. The van der Waals surface area contributed by atoms with Gasteiger partial charge in [-0.25, -0.2) is 0 Å². The number of carboxylic acids is 1. The zero-order chi connectivity index (χ0) is 17.3. The smallest absolute Gasteiger partial charge is 0.311 e. The quantitative estimate of drug-likeness (QED) is 0.928. The lowest BCUT2D eigenvalue weighted by Gasteiger charge is -2.38. The maximum atomic E-state index is 12.2. The summed E-state index contributed by atoms with van der Waals surface area (Å²) in [6, 6.07) is 14.6. The number of likely N-dealkylation sites (tertiary alicyclic amines) is 1. The fourth-order valence-electron chi connectivity index (χ4n) is 4.80. The van der Waals surface area contributed by atoms with Crippen LogP contribution in [0.2, 0.25) is 0 Å². The van der Waals surface area contributed by atoms with Crippen LogP contribution in [0.15, 0.2) is 54.9 Å². The molecule has 130 valence electrons. The molecule has 2 aliphatic rings. The molecule has 0 unspecified atom stereocenters. The molecule has 4 heteroatoms. The van der Waals surface area contributed by atoms with Crippen LogP contribution < -0.4 is 0 Å². The number of rotatable bonds is 4. The third-order valence-electron chi connectivity index (χ3n) is 6.10. The van der Waals surface area contributed by atoms with Crippen molar-refractivity contribution in [1.82, 2.24) is 9.88 Å². The van der Waals surface area contributed by atoms with Crippen LogP contribution in [0.25, 0.3) is 0 Å². The molecule has 1 N–H and O–H groups in total. The first-order valence-electron chi connectivity index (χ1n) is 9.07. The predicted molar refractivity (Wildman–Crippen MR) is 96.1 cm³/mol. The first kappa shape index (κ1) is 16.3. The van der Waals surface area contributed by atoms with Gasteiger partial charge in [0.2, 0.25) is 0 Å². The molecule has 2 fully saturated rings. The van der Waals surface area contributed by atoms with Gasteiger partial charge in [-0.15, -0.1) is 0 Å². The number of aliphatic carboxylic acids is 1. The molecular weight excluding hydrogens is 312 g/mol. The van der Waals surface area contributed by atoms with Crippen LogP contribution in [0.4, 0.5) is 0 Å². The number of carbonyl (C=O) groups is 1. The highest BCUT2D eigenvalue weighted by atomic mass is 16.4. The molecule has 0 bridgehead atoms. The second kappa shape index (κ2) is 6.60. The van der Waals surface area contributed by atoms with Gasteiger partial charge in [-0.2, -0.15) is 0 Å². The fraction of sp³-hybridized carbons (Fsp3) is 0.429. The van der Waals surface area contributed by atoms with E-state index < -0.39 is 11.4 Å². The van der Waals surface area contributed by atoms with Crippen molar-refractivity contribution < 1.29 is 9.90 Å². The van der Waals surface area contributed by atoms with Crippen molar-refractivity contribution in [2.24, 2.45) is 11.3 Å².